The number of nitrogens with zero attached hydrogens (tertiary/aromatic N) is 6. The van der Waals surface area contributed by atoms with E-state index in [1.807, 2.05) is 26.2 Å². The number of fused-ring (bicyclic) bond motifs is 1. The van der Waals surface area contributed by atoms with E-state index in [2.05, 4.69) is 20.1 Å². The second kappa shape index (κ2) is 8.27. The Balaban J connectivity index is 1.58. The predicted molar refractivity (Wildman–Crippen MR) is 113 cm³/mol. The van der Waals surface area contributed by atoms with Crippen molar-refractivity contribution in [3.8, 4) is 0 Å². The minimum atomic E-state index is -0.339. The van der Waals surface area contributed by atoms with Gasteiger partial charge in [-0.2, -0.15) is 10.1 Å². The Hall–Kier alpha value is -3.20. The van der Waals surface area contributed by atoms with E-state index in [0.717, 1.165) is 27.7 Å². The molecule has 0 bridgehead atoms. The number of benzene rings is 1. The second-order valence-corrected chi connectivity index (χ2v) is 8.11. The molecule has 4 aromatic rings. The molecule has 1 amide bonds. The number of anilines is 1. The summed E-state index contributed by atoms with van der Waals surface area (Å²) in [6, 6.07) is 5.95. The first kappa shape index (κ1) is 20.1. The van der Waals surface area contributed by atoms with Crippen molar-refractivity contribution >= 4 is 28.7 Å². The van der Waals surface area contributed by atoms with Gasteiger partial charge in [-0.1, -0.05) is 0 Å². The van der Waals surface area contributed by atoms with E-state index in [4.69, 9.17) is 0 Å². The fourth-order valence-corrected chi connectivity index (χ4v) is 4.08. The van der Waals surface area contributed by atoms with Gasteiger partial charge in [0, 0.05) is 28.9 Å². The number of hydrogen-bond donors (Lipinski definition) is 0. The van der Waals surface area contributed by atoms with Crippen LogP contribution in [0.3, 0.4) is 0 Å². The monoisotopic (exact) mass is 424 g/mol. The van der Waals surface area contributed by atoms with Gasteiger partial charge in [0.25, 0.3) is 5.78 Å². The number of amides is 1. The Kier molecular flexibility index (Phi) is 5.54. The van der Waals surface area contributed by atoms with Gasteiger partial charge in [0.15, 0.2) is 0 Å². The van der Waals surface area contributed by atoms with E-state index < -0.39 is 0 Å². The Morgan fingerprint density at radius 1 is 1.17 bits per heavy atom. The molecule has 9 heteroatoms. The van der Waals surface area contributed by atoms with Crippen LogP contribution < -0.4 is 4.90 Å². The Morgan fingerprint density at radius 2 is 1.93 bits per heavy atom. The van der Waals surface area contributed by atoms with Crippen molar-refractivity contribution in [2.45, 2.75) is 40.2 Å². The summed E-state index contributed by atoms with van der Waals surface area (Å²) < 4.78 is 15.1. The van der Waals surface area contributed by atoms with Crippen LogP contribution in [0.5, 0.6) is 0 Å². The van der Waals surface area contributed by atoms with Gasteiger partial charge >= 0.3 is 0 Å². The zero-order valence-electron chi connectivity index (χ0n) is 17.0. The second-order valence-electron chi connectivity index (χ2n) is 7.05. The molecule has 0 fully saturated rings. The summed E-state index contributed by atoms with van der Waals surface area (Å²) in [5.74, 6) is 0.144. The van der Waals surface area contributed by atoms with Crippen LogP contribution in [0.25, 0.3) is 5.78 Å². The normalized spacial score (nSPS) is 11.2. The highest BCUT2D eigenvalue weighted by Crippen LogP contribution is 2.22. The van der Waals surface area contributed by atoms with Crippen LogP contribution in [0.2, 0.25) is 0 Å². The number of halogens is 1. The third-order valence-corrected chi connectivity index (χ3v) is 5.83. The first-order valence-electron chi connectivity index (χ1n) is 9.55. The first-order valence-corrected chi connectivity index (χ1v) is 10.4. The lowest BCUT2D eigenvalue weighted by molar-refractivity contribution is -0.118. The van der Waals surface area contributed by atoms with Crippen LogP contribution in [0.4, 0.5) is 10.1 Å². The number of aromatic nitrogens is 5. The van der Waals surface area contributed by atoms with Crippen LogP contribution >= 0.6 is 11.3 Å². The van der Waals surface area contributed by atoms with Crippen molar-refractivity contribution in [3.05, 3.63) is 69.4 Å². The number of aryl methyl sites for hydroxylation is 3. The third kappa shape index (κ3) is 4.06. The van der Waals surface area contributed by atoms with Crippen LogP contribution in [-0.2, 0) is 17.8 Å². The van der Waals surface area contributed by atoms with Gasteiger partial charge in [0.2, 0.25) is 5.91 Å². The van der Waals surface area contributed by atoms with Crippen LogP contribution in [0.15, 0.2) is 36.0 Å². The third-order valence-electron chi connectivity index (χ3n) is 5.00. The molecule has 0 radical (unpaired) electrons. The minimum absolute atomic E-state index is 0.0650. The van der Waals surface area contributed by atoms with E-state index in [1.165, 1.54) is 29.8 Å². The number of carbonyl (C=O) groups excluding carboxylic acids is 1. The molecule has 0 N–H and O–H groups in total. The van der Waals surface area contributed by atoms with Gasteiger partial charge in [-0.3, -0.25) is 4.79 Å². The maximum Gasteiger partial charge on any atom is 0.252 e. The van der Waals surface area contributed by atoms with Crippen molar-refractivity contribution in [3.63, 3.8) is 0 Å². The Morgan fingerprint density at radius 3 is 2.63 bits per heavy atom. The van der Waals surface area contributed by atoms with Crippen LogP contribution in [0.1, 0.15) is 34.1 Å². The lowest BCUT2D eigenvalue weighted by atomic mass is 10.1. The Bertz CT molecular complexity index is 1200. The van der Waals surface area contributed by atoms with Gasteiger partial charge in [-0.05, 0) is 57.0 Å². The maximum atomic E-state index is 13.4. The predicted octanol–water partition coefficient (Wildman–Crippen LogP) is 3.81. The summed E-state index contributed by atoms with van der Waals surface area (Å²) >= 11 is 1.54. The number of thiazole rings is 1. The smallest absolute Gasteiger partial charge is 0.252 e. The fraction of sp³-hybridized carbons (Fsp3) is 0.286. The SMILES string of the molecule is Cc1nc(CN(C(=O)CCc2c(C)nc3ncnn3c2C)c2ccc(F)cc2)cs1. The van der Waals surface area contributed by atoms with Gasteiger partial charge in [0.05, 0.1) is 17.2 Å². The molecule has 3 aromatic heterocycles. The molecule has 7 nitrogen and oxygen atoms in total. The molecular weight excluding hydrogens is 403 g/mol. The highest BCUT2D eigenvalue weighted by atomic mass is 32.1. The summed E-state index contributed by atoms with van der Waals surface area (Å²) in [4.78, 5) is 27.9. The van der Waals surface area contributed by atoms with E-state index >= 15 is 0 Å². The topological polar surface area (TPSA) is 76.3 Å². The van der Waals surface area contributed by atoms with E-state index in [0.29, 0.717) is 24.4 Å². The van der Waals surface area contributed by atoms with Gasteiger partial charge in [-0.25, -0.2) is 18.9 Å². The van der Waals surface area contributed by atoms with Crippen LogP contribution in [0, 0.1) is 26.6 Å². The minimum Gasteiger partial charge on any atom is -0.306 e. The molecular formula is C21H21FN6OS. The molecule has 154 valence electrons. The molecule has 0 aliphatic carbocycles. The molecule has 0 atom stereocenters. The van der Waals surface area contributed by atoms with Crippen molar-refractivity contribution in [2.75, 3.05) is 4.90 Å². The van der Waals surface area contributed by atoms with Gasteiger partial charge in [-0.15, -0.1) is 11.3 Å². The summed E-state index contributed by atoms with van der Waals surface area (Å²) in [7, 11) is 0. The quantitative estimate of drug-likeness (QED) is 0.470. The van der Waals surface area contributed by atoms with E-state index in [-0.39, 0.29) is 18.1 Å². The highest BCUT2D eigenvalue weighted by molar-refractivity contribution is 7.09. The Labute approximate surface area is 177 Å². The summed E-state index contributed by atoms with van der Waals surface area (Å²) in [5.41, 5.74) is 4.19. The summed E-state index contributed by atoms with van der Waals surface area (Å²) in [6.45, 7) is 6.13. The zero-order chi connectivity index (χ0) is 21.3. The number of rotatable bonds is 6. The molecule has 1 aromatic carbocycles. The van der Waals surface area contributed by atoms with E-state index in [9.17, 15) is 9.18 Å². The fourth-order valence-electron chi connectivity index (χ4n) is 3.47. The molecule has 0 saturated carbocycles. The lowest BCUT2D eigenvalue weighted by Crippen LogP contribution is -2.31. The maximum absolute atomic E-state index is 13.4. The lowest BCUT2D eigenvalue weighted by Gasteiger charge is -2.22. The summed E-state index contributed by atoms with van der Waals surface area (Å²) in [6.07, 6.45) is 2.27. The largest absolute Gasteiger partial charge is 0.306 e. The van der Waals surface area contributed by atoms with Crippen molar-refractivity contribution in [2.24, 2.45) is 0 Å². The average molecular weight is 425 g/mol. The first-order chi connectivity index (χ1) is 14.4. The molecule has 30 heavy (non-hydrogen) atoms. The molecule has 0 aliphatic heterocycles. The molecule has 0 aliphatic rings. The molecule has 0 saturated heterocycles. The number of carbonyl (C=O) groups is 1. The average Bonchev–Trinajstić information content (AvgIpc) is 3.35. The van der Waals surface area contributed by atoms with Gasteiger partial charge in [0.1, 0.15) is 12.1 Å². The van der Waals surface area contributed by atoms with Crippen molar-refractivity contribution in [1.29, 1.82) is 0 Å². The van der Waals surface area contributed by atoms with E-state index in [1.54, 1.807) is 21.5 Å². The van der Waals surface area contributed by atoms with Crippen molar-refractivity contribution < 1.29 is 9.18 Å². The van der Waals surface area contributed by atoms with Gasteiger partial charge < -0.3 is 4.90 Å². The molecule has 3 heterocycles. The molecule has 0 unspecified atom stereocenters. The summed E-state index contributed by atoms with van der Waals surface area (Å²) in [5, 5.41) is 7.08. The standard InChI is InChI=1S/C21H21FN6OS/c1-13-19(14(2)28-21(25-13)23-12-24-28)8-9-20(29)27(10-17-11-30-15(3)26-17)18-6-4-16(22)5-7-18/h4-7,11-12H,8-10H2,1-3H3. The highest BCUT2D eigenvalue weighted by Gasteiger charge is 2.19. The van der Waals surface area contributed by atoms with Crippen molar-refractivity contribution in [1.82, 2.24) is 24.6 Å². The number of hydrogen-bond acceptors (Lipinski definition) is 6. The zero-order valence-corrected chi connectivity index (χ0v) is 17.8. The molecule has 0 spiro atoms. The van der Waals surface area contributed by atoms with Crippen LogP contribution in [-0.4, -0.2) is 30.5 Å². The molecule has 4 rings (SSSR count).